The fourth-order valence-corrected chi connectivity index (χ4v) is 8.40. The van der Waals surface area contributed by atoms with Crippen LogP contribution in [0.4, 0.5) is 5.69 Å². The third kappa shape index (κ3) is 7.93. The van der Waals surface area contributed by atoms with Crippen molar-refractivity contribution >= 4 is 35.1 Å². The Kier molecular flexibility index (Phi) is 10.8. The molecule has 4 aliphatic rings. The zero-order valence-electron chi connectivity index (χ0n) is 30.4. The van der Waals surface area contributed by atoms with E-state index in [0.29, 0.717) is 43.4 Å². The van der Waals surface area contributed by atoms with Gasteiger partial charge in [0.15, 0.2) is 5.60 Å². The monoisotopic (exact) mass is 722 g/mol. The van der Waals surface area contributed by atoms with Crippen LogP contribution in [0.5, 0.6) is 5.75 Å². The minimum Gasteiger partial charge on any atom is -0.490 e. The van der Waals surface area contributed by atoms with Gasteiger partial charge in [0.2, 0.25) is 5.91 Å². The van der Waals surface area contributed by atoms with Crippen LogP contribution in [0.3, 0.4) is 0 Å². The fraction of sp³-hybridized carbons (Fsp3) is 0.575. The van der Waals surface area contributed by atoms with Crippen molar-refractivity contribution in [3.8, 4) is 5.75 Å². The van der Waals surface area contributed by atoms with Gasteiger partial charge < -0.3 is 33.9 Å². The first-order valence-corrected chi connectivity index (χ1v) is 18.5. The van der Waals surface area contributed by atoms with E-state index in [1.54, 1.807) is 25.2 Å². The average molecular weight is 723 g/mol. The number of carbonyl (C=O) groups is 3. The largest absolute Gasteiger partial charge is 0.490 e. The molecular weight excluding hydrogens is 672 g/mol. The lowest BCUT2D eigenvalue weighted by Crippen LogP contribution is -2.50. The van der Waals surface area contributed by atoms with E-state index >= 15 is 0 Å². The van der Waals surface area contributed by atoms with Gasteiger partial charge in [-0.25, -0.2) is 9.59 Å². The normalized spacial score (nSPS) is 28.8. The maximum atomic E-state index is 13.5. The Labute approximate surface area is 306 Å². The molecule has 276 valence electrons. The second-order valence-electron chi connectivity index (χ2n) is 15.7. The third-order valence-corrected chi connectivity index (χ3v) is 11.2. The van der Waals surface area contributed by atoms with Crippen molar-refractivity contribution in [1.82, 2.24) is 4.90 Å². The van der Waals surface area contributed by atoms with E-state index in [4.69, 9.17) is 30.5 Å². The number of benzene rings is 2. The van der Waals surface area contributed by atoms with Crippen LogP contribution >= 0.6 is 11.6 Å². The number of aliphatic hydroxyl groups is 1. The van der Waals surface area contributed by atoms with Crippen LogP contribution < -0.4 is 9.64 Å². The lowest BCUT2D eigenvalue weighted by Gasteiger charge is -2.46. The first-order valence-electron chi connectivity index (χ1n) is 18.1. The molecule has 1 saturated carbocycles. The van der Waals surface area contributed by atoms with Crippen LogP contribution in [0.1, 0.15) is 76.0 Å². The van der Waals surface area contributed by atoms with E-state index < -0.39 is 35.5 Å². The number of anilines is 1. The summed E-state index contributed by atoms with van der Waals surface area (Å²) in [6.07, 6.45) is 8.46. The molecule has 11 heteroatoms. The summed E-state index contributed by atoms with van der Waals surface area (Å²) >= 11 is 6.46. The van der Waals surface area contributed by atoms with Gasteiger partial charge in [0.1, 0.15) is 18.0 Å². The number of halogens is 1. The number of fused-ring (bicyclic) bond motifs is 4. The van der Waals surface area contributed by atoms with Crippen LogP contribution in [0, 0.1) is 11.8 Å². The van der Waals surface area contributed by atoms with Crippen molar-refractivity contribution in [2.45, 2.75) is 88.4 Å². The van der Waals surface area contributed by atoms with Gasteiger partial charge in [-0.15, -0.1) is 0 Å². The van der Waals surface area contributed by atoms with Crippen LogP contribution in [0.15, 0.2) is 48.6 Å². The SMILES string of the molecule is COC(=O)[C@@]1(O)CC(=O)N(C)CC/C=C/[C@H](OCC(=O)OC(C)(C)C)[C@@H]2CC[C@H]2CN2C[C@@]3(CCCc4cc(Cl)ccc43)COc3ccc1cc32. The molecular formula is C40H51ClN2O8. The summed E-state index contributed by atoms with van der Waals surface area (Å²) in [6, 6.07) is 11.4. The highest BCUT2D eigenvalue weighted by Gasteiger charge is 2.47. The molecule has 2 aromatic rings. The molecule has 1 N–H and O–H groups in total. The van der Waals surface area contributed by atoms with E-state index in [1.165, 1.54) is 23.1 Å². The molecule has 1 fully saturated rings. The van der Waals surface area contributed by atoms with Crippen molar-refractivity contribution in [2.75, 3.05) is 51.9 Å². The molecule has 0 unspecified atom stereocenters. The number of amides is 1. The summed E-state index contributed by atoms with van der Waals surface area (Å²) in [5.41, 5.74) is 0.312. The van der Waals surface area contributed by atoms with Gasteiger partial charge in [-0.05, 0) is 112 Å². The molecule has 0 saturated heterocycles. The number of methoxy groups -OCH3 is 1. The molecule has 51 heavy (non-hydrogen) atoms. The van der Waals surface area contributed by atoms with E-state index in [9.17, 15) is 19.5 Å². The predicted molar refractivity (Wildman–Crippen MR) is 194 cm³/mol. The summed E-state index contributed by atoms with van der Waals surface area (Å²) in [4.78, 5) is 43.3. The summed E-state index contributed by atoms with van der Waals surface area (Å²) < 4.78 is 23.6. The lowest BCUT2D eigenvalue weighted by atomic mass is 9.68. The highest BCUT2D eigenvalue weighted by molar-refractivity contribution is 6.30. The van der Waals surface area contributed by atoms with E-state index in [0.717, 1.165) is 37.8 Å². The second kappa shape index (κ2) is 14.8. The number of nitrogens with zero attached hydrogens (tertiary/aromatic N) is 2. The predicted octanol–water partition coefficient (Wildman–Crippen LogP) is 5.74. The smallest absolute Gasteiger partial charge is 0.343 e. The first-order chi connectivity index (χ1) is 24.2. The number of hydrogen-bond acceptors (Lipinski definition) is 9. The number of carbonyl (C=O) groups excluding carboxylic acids is 3. The topological polar surface area (TPSA) is 115 Å². The highest BCUT2D eigenvalue weighted by atomic mass is 35.5. The van der Waals surface area contributed by atoms with E-state index in [2.05, 4.69) is 17.0 Å². The zero-order valence-corrected chi connectivity index (χ0v) is 31.2. The van der Waals surface area contributed by atoms with Gasteiger partial charge in [-0.3, -0.25) is 4.79 Å². The molecule has 10 nitrogen and oxygen atoms in total. The van der Waals surface area contributed by atoms with Crippen molar-refractivity contribution in [3.05, 3.63) is 70.3 Å². The molecule has 2 aliphatic heterocycles. The Morgan fingerprint density at radius 3 is 2.67 bits per heavy atom. The summed E-state index contributed by atoms with van der Waals surface area (Å²) in [7, 11) is 2.86. The van der Waals surface area contributed by atoms with Gasteiger partial charge in [0, 0.05) is 37.1 Å². The van der Waals surface area contributed by atoms with Crippen molar-refractivity contribution in [1.29, 1.82) is 0 Å². The van der Waals surface area contributed by atoms with Crippen molar-refractivity contribution < 1.29 is 38.4 Å². The minimum absolute atomic E-state index is 0.132. The Hall–Kier alpha value is -3.60. The van der Waals surface area contributed by atoms with Crippen LogP contribution in [0.2, 0.25) is 5.02 Å². The molecule has 2 aromatic carbocycles. The van der Waals surface area contributed by atoms with Crippen molar-refractivity contribution in [2.24, 2.45) is 11.8 Å². The molecule has 5 atom stereocenters. The highest BCUT2D eigenvalue weighted by Crippen LogP contribution is 2.48. The number of aryl methyl sites for hydroxylation is 1. The Morgan fingerprint density at radius 2 is 1.94 bits per heavy atom. The molecule has 1 amide bonds. The summed E-state index contributed by atoms with van der Waals surface area (Å²) in [5, 5.41) is 12.7. The molecule has 2 bridgehead atoms. The van der Waals surface area contributed by atoms with Crippen LogP contribution in [-0.2, 0) is 46.0 Å². The molecule has 2 heterocycles. The molecule has 0 radical (unpaired) electrons. The standard InChI is InChI=1S/C40H51ClN2O8/c1-38(2,3)51-36(45)23-49-33-10-6-7-18-42(4)35(44)21-40(47,37(46)48-5)28-12-16-34-32(20-28)43(22-27-11-14-30(27)33)24-39(25-50-34)17-8-9-26-19-29(41)13-15-31(26)39/h6,10,12-13,15-16,19-20,27,30,33,47H,7-9,11,14,17-18,21-25H2,1-5H3/b10-6+/t27-,30+,33-,39-,40+/m0/s1. The summed E-state index contributed by atoms with van der Waals surface area (Å²) in [6.45, 7) is 7.46. The minimum atomic E-state index is -2.20. The van der Waals surface area contributed by atoms with Gasteiger partial charge in [-0.1, -0.05) is 35.9 Å². The third-order valence-electron chi connectivity index (χ3n) is 11.0. The molecule has 1 spiro atoms. The Balaban J connectivity index is 1.41. The van der Waals surface area contributed by atoms with Gasteiger partial charge >= 0.3 is 11.9 Å². The maximum absolute atomic E-state index is 13.5. The second-order valence-corrected chi connectivity index (χ2v) is 16.1. The zero-order chi connectivity index (χ0) is 36.6. The molecule has 6 rings (SSSR count). The molecule has 0 aromatic heterocycles. The van der Waals surface area contributed by atoms with Crippen LogP contribution in [-0.4, -0.2) is 86.6 Å². The Morgan fingerprint density at radius 1 is 1.14 bits per heavy atom. The fourth-order valence-electron chi connectivity index (χ4n) is 8.20. The molecule has 2 aliphatic carbocycles. The van der Waals surface area contributed by atoms with Gasteiger partial charge in [0.05, 0.1) is 31.9 Å². The van der Waals surface area contributed by atoms with Gasteiger partial charge in [0.25, 0.3) is 0 Å². The number of rotatable bonds is 4. The quantitative estimate of drug-likeness (QED) is 0.312. The van der Waals surface area contributed by atoms with E-state index in [-0.39, 0.29) is 35.5 Å². The summed E-state index contributed by atoms with van der Waals surface area (Å²) in [5.74, 6) is -0.722. The maximum Gasteiger partial charge on any atom is 0.343 e. The number of ether oxygens (including phenoxy) is 4. The Bertz CT molecular complexity index is 1670. The first kappa shape index (κ1) is 37.2. The van der Waals surface area contributed by atoms with Crippen molar-refractivity contribution in [3.63, 3.8) is 0 Å². The number of esters is 2. The number of hydrogen-bond donors (Lipinski definition) is 1. The average Bonchev–Trinajstić information content (AvgIpc) is 3.22. The lowest BCUT2D eigenvalue weighted by molar-refractivity contribution is -0.168. The van der Waals surface area contributed by atoms with Crippen LogP contribution in [0.25, 0.3) is 0 Å². The van der Waals surface area contributed by atoms with Gasteiger partial charge in [-0.2, -0.15) is 0 Å². The van der Waals surface area contributed by atoms with E-state index in [1.807, 2.05) is 39.0 Å².